The zero-order valence-corrected chi connectivity index (χ0v) is 18.2. The molecule has 0 saturated heterocycles. The number of carbonyl (C=O) groups is 1. The molecule has 2 aromatic rings. The summed E-state index contributed by atoms with van der Waals surface area (Å²) < 4.78 is 16.7. The van der Waals surface area contributed by atoms with Gasteiger partial charge in [-0.2, -0.15) is 5.10 Å². The first-order chi connectivity index (χ1) is 13.8. The zero-order valence-electron chi connectivity index (χ0n) is 17.4. The van der Waals surface area contributed by atoms with E-state index in [4.69, 9.17) is 25.8 Å². The van der Waals surface area contributed by atoms with E-state index < -0.39 is 6.10 Å². The maximum Gasteiger partial charge on any atom is 0.280 e. The van der Waals surface area contributed by atoms with Crippen molar-refractivity contribution in [3.8, 4) is 17.2 Å². The Morgan fingerprint density at radius 1 is 1.21 bits per heavy atom. The predicted molar refractivity (Wildman–Crippen MR) is 116 cm³/mol. The summed E-state index contributed by atoms with van der Waals surface area (Å²) >= 11 is 6.16. The third-order valence-electron chi connectivity index (χ3n) is 4.13. The van der Waals surface area contributed by atoms with Crippen molar-refractivity contribution in [3.05, 3.63) is 52.0 Å². The number of hydrogen-bond acceptors (Lipinski definition) is 5. The van der Waals surface area contributed by atoms with Crippen molar-refractivity contribution >= 4 is 23.7 Å². The normalized spacial score (nSPS) is 11.9. The van der Waals surface area contributed by atoms with Crippen molar-refractivity contribution in [3.63, 3.8) is 0 Å². The smallest absolute Gasteiger partial charge is 0.280 e. The Morgan fingerprint density at radius 2 is 1.90 bits per heavy atom. The Kier molecular flexibility index (Phi) is 8.34. The van der Waals surface area contributed by atoms with E-state index in [0.29, 0.717) is 28.9 Å². The molecule has 0 aromatic heterocycles. The van der Waals surface area contributed by atoms with Gasteiger partial charge in [-0.1, -0.05) is 18.5 Å². The number of nitrogens with zero attached hydrogens (tertiary/aromatic N) is 1. The molecule has 0 spiro atoms. The molecule has 1 unspecified atom stereocenters. The van der Waals surface area contributed by atoms with Crippen molar-refractivity contribution in [1.82, 2.24) is 5.43 Å². The van der Waals surface area contributed by atoms with Gasteiger partial charge in [-0.15, -0.1) is 0 Å². The van der Waals surface area contributed by atoms with Crippen LogP contribution in [0.4, 0.5) is 0 Å². The van der Waals surface area contributed by atoms with Crippen LogP contribution in [0.3, 0.4) is 0 Å². The molecule has 29 heavy (non-hydrogen) atoms. The third kappa shape index (κ3) is 6.39. The molecule has 156 valence electrons. The lowest BCUT2D eigenvalue weighted by atomic mass is 10.1. The number of carbonyl (C=O) groups excluding carboxylic acids is 1. The monoisotopic (exact) mass is 418 g/mol. The number of hydrazone groups is 1. The van der Waals surface area contributed by atoms with Crippen molar-refractivity contribution < 1.29 is 19.0 Å². The Balaban J connectivity index is 1.96. The number of rotatable bonds is 9. The fourth-order valence-electron chi connectivity index (χ4n) is 2.59. The van der Waals surface area contributed by atoms with Crippen LogP contribution in [0.2, 0.25) is 5.02 Å². The second kappa shape index (κ2) is 10.7. The molecule has 0 saturated carbocycles. The second-order valence-electron chi connectivity index (χ2n) is 6.62. The van der Waals surface area contributed by atoms with E-state index in [1.54, 1.807) is 32.2 Å². The number of aryl methyl sites for hydroxylation is 2. The number of ether oxygens (including phenoxy) is 3. The first-order valence-electron chi connectivity index (χ1n) is 9.42. The van der Waals surface area contributed by atoms with E-state index in [1.807, 2.05) is 32.9 Å². The summed E-state index contributed by atoms with van der Waals surface area (Å²) in [7, 11) is 1.58. The minimum atomic E-state index is -0.716. The van der Waals surface area contributed by atoms with Gasteiger partial charge in [0.1, 0.15) is 5.75 Å². The van der Waals surface area contributed by atoms with Crippen LogP contribution in [0.1, 0.15) is 37.0 Å². The molecule has 0 radical (unpaired) electrons. The average molecular weight is 419 g/mol. The molecule has 6 nitrogen and oxygen atoms in total. The highest BCUT2D eigenvalue weighted by atomic mass is 35.5. The summed E-state index contributed by atoms with van der Waals surface area (Å²) in [4.78, 5) is 12.2. The van der Waals surface area contributed by atoms with E-state index in [9.17, 15) is 4.79 Å². The Hall–Kier alpha value is -2.73. The highest BCUT2D eigenvalue weighted by Gasteiger charge is 2.15. The van der Waals surface area contributed by atoms with Gasteiger partial charge in [0.15, 0.2) is 17.6 Å². The van der Waals surface area contributed by atoms with Crippen LogP contribution in [0.25, 0.3) is 0 Å². The zero-order chi connectivity index (χ0) is 21.4. The summed E-state index contributed by atoms with van der Waals surface area (Å²) in [6.07, 6.45) is 1.73. The van der Waals surface area contributed by atoms with Gasteiger partial charge < -0.3 is 14.2 Å². The Bertz CT molecular complexity index is 860. The van der Waals surface area contributed by atoms with E-state index >= 15 is 0 Å². The van der Waals surface area contributed by atoms with Gasteiger partial charge in [0.2, 0.25) is 0 Å². The lowest BCUT2D eigenvalue weighted by Crippen LogP contribution is -2.33. The molecule has 7 heteroatoms. The molecule has 2 aromatic carbocycles. The third-order valence-corrected chi connectivity index (χ3v) is 4.73. The lowest BCUT2D eigenvalue weighted by Gasteiger charge is -2.15. The maximum atomic E-state index is 12.2. The van der Waals surface area contributed by atoms with Crippen LogP contribution >= 0.6 is 11.6 Å². The van der Waals surface area contributed by atoms with Gasteiger partial charge in [0.25, 0.3) is 5.91 Å². The van der Waals surface area contributed by atoms with Crippen LogP contribution < -0.4 is 19.6 Å². The molecule has 0 heterocycles. The van der Waals surface area contributed by atoms with Crippen molar-refractivity contribution in [1.29, 1.82) is 0 Å². The van der Waals surface area contributed by atoms with Gasteiger partial charge in [-0.05, 0) is 74.2 Å². The van der Waals surface area contributed by atoms with E-state index in [-0.39, 0.29) is 5.91 Å². The molecule has 0 aliphatic rings. The first kappa shape index (κ1) is 22.6. The van der Waals surface area contributed by atoms with Crippen molar-refractivity contribution in [2.75, 3.05) is 13.7 Å². The molecule has 2 rings (SSSR count). The highest BCUT2D eigenvalue weighted by Crippen LogP contribution is 2.28. The van der Waals surface area contributed by atoms with E-state index in [2.05, 4.69) is 10.5 Å². The fraction of sp³-hybridized carbons (Fsp3) is 0.364. The van der Waals surface area contributed by atoms with Crippen LogP contribution in [0.15, 0.2) is 35.4 Å². The molecule has 0 bridgehead atoms. The molecular formula is C22H27ClN2O4. The van der Waals surface area contributed by atoms with Crippen LogP contribution in [0, 0.1) is 13.8 Å². The molecule has 1 N–H and O–H groups in total. The molecule has 1 atom stereocenters. The largest absolute Gasteiger partial charge is 0.493 e. The van der Waals surface area contributed by atoms with Crippen molar-refractivity contribution in [2.45, 2.75) is 40.2 Å². The quantitative estimate of drug-likeness (QED) is 0.474. The van der Waals surface area contributed by atoms with Gasteiger partial charge in [-0.25, -0.2) is 5.43 Å². The number of nitrogens with one attached hydrogen (secondary N) is 1. The Labute approximate surface area is 176 Å². The average Bonchev–Trinajstić information content (AvgIpc) is 2.70. The number of hydrogen-bond donors (Lipinski definition) is 1. The van der Waals surface area contributed by atoms with E-state index in [0.717, 1.165) is 23.1 Å². The summed E-state index contributed by atoms with van der Waals surface area (Å²) in [6.45, 7) is 8.10. The molecule has 0 aliphatic carbocycles. The van der Waals surface area contributed by atoms with Gasteiger partial charge in [0.05, 0.1) is 19.9 Å². The number of benzene rings is 2. The van der Waals surface area contributed by atoms with Crippen molar-refractivity contribution in [2.24, 2.45) is 5.10 Å². The Morgan fingerprint density at radius 3 is 2.52 bits per heavy atom. The van der Waals surface area contributed by atoms with Gasteiger partial charge in [-0.3, -0.25) is 4.79 Å². The van der Waals surface area contributed by atoms with Gasteiger partial charge >= 0.3 is 0 Å². The fourth-order valence-corrected chi connectivity index (χ4v) is 2.70. The summed E-state index contributed by atoms with van der Waals surface area (Å²) in [6, 6.07) is 9.05. The summed E-state index contributed by atoms with van der Waals surface area (Å²) in [5.74, 6) is 1.51. The van der Waals surface area contributed by atoms with E-state index in [1.165, 1.54) is 6.21 Å². The highest BCUT2D eigenvalue weighted by molar-refractivity contribution is 6.32. The molecule has 0 fully saturated rings. The topological polar surface area (TPSA) is 69.2 Å². The maximum absolute atomic E-state index is 12.2. The van der Waals surface area contributed by atoms with Crippen LogP contribution in [0.5, 0.6) is 17.2 Å². The predicted octanol–water partition coefficient (Wildman–Crippen LogP) is 4.67. The van der Waals surface area contributed by atoms with Crippen LogP contribution in [-0.4, -0.2) is 31.9 Å². The lowest BCUT2D eigenvalue weighted by molar-refractivity contribution is -0.127. The SMILES string of the molecule is CCCOc1ccc(C=NNC(=O)C(C)Oc2cc(C)c(Cl)c(C)c2)cc1OC. The molecule has 0 aliphatic heterocycles. The number of halogens is 1. The number of amides is 1. The molecular weight excluding hydrogens is 392 g/mol. The minimum Gasteiger partial charge on any atom is -0.493 e. The summed E-state index contributed by atoms with van der Waals surface area (Å²) in [5.41, 5.74) is 5.04. The standard InChI is InChI=1S/C22H27ClN2O4/c1-6-9-28-19-8-7-17(12-20(19)27-5)13-24-25-22(26)16(4)29-18-10-14(2)21(23)15(3)11-18/h7-8,10-13,16H,6,9H2,1-5H3,(H,25,26). The second-order valence-corrected chi connectivity index (χ2v) is 7.00. The number of methoxy groups -OCH3 is 1. The van der Waals surface area contributed by atoms with Crippen LogP contribution in [-0.2, 0) is 4.79 Å². The summed E-state index contributed by atoms with van der Waals surface area (Å²) in [5, 5.41) is 4.69. The first-order valence-corrected chi connectivity index (χ1v) is 9.80. The minimum absolute atomic E-state index is 0.360. The van der Waals surface area contributed by atoms with Gasteiger partial charge in [0, 0.05) is 5.02 Å². The molecule has 1 amide bonds.